The van der Waals surface area contributed by atoms with Gasteiger partial charge in [-0.1, -0.05) is 56.3 Å². The lowest BCUT2D eigenvalue weighted by Crippen LogP contribution is -2.46. The maximum absolute atomic E-state index is 14.5. The zero-order chi connectivity index (χ0) is 32.8. The molecule has 0 aromatic heterocycles. The molecule has 9 nitrogen and oxygen atoms in total. The number of amides is 1. The summed E-state index contributed by atoms with van der Waals surface area (Å²) in [5.41, 5.74) is 8.60. The van der Waals surface area contributed by atoms with Gasteiger partial charge in [0.1, 0.15) is 23.9 Å². The highest BCUT2D eigenvalue weighted by molar-refractivity contribution is 7.89. The first-order chi connectivity index (χ1) is 21.5. The summed E-state index contributed by atoms with van der Waals surface area (Å²) in [6.07, 6.45) is 0.0459. The third-order valence-electron chi connectivity index (χ3n) is 7.33. The number of hydrogen-bond acceptors (Lipinski definition) is 7. The summed E-state index contributed by atoms with van der Waals surface area (Å²) in [7, 11) is -2.10. The van der Waals surface area contributed by atoms with Crippen LogP contribution in [0.15, 0.2) is 72.8 Å². The maximum Gasteiger partial charge on any atom is 0.224 e. The zero-order valence-corrected chi connectivity index (χ0v) is 27.2. The first-order valence-electron chi connectivity index (χ1n) is 15.3. The van der Waals surface area contributed by atoms with E-state index in [0.717, 1.165) is 11.1 Å². The number of aliphatic hydroxyl groups is 1. The van der Waals surface area contributed by atoms with Crippen molar-refractivity contribution in [1.29, 1.82) is 0 Å². The fraction of sp³-hybridized carbons (Fsp3) is 0.441. The average molecular weight is 644 g/mol. The number of hydrogen-bond donors (Lipinski definition) is 2. The first-order valence-corrected chi connectivity index (χ1v) is 16.9. The summed E-state index contributed by atoms with van der Waals surface area (Å²) in [6.45, 7) is 4.85. The molecule has 0 saturated heterocycles. The summed E-state index contributed by atoms with van der Waals surface area (Å²) in [5.74, 6) is -0.313. The summed E-state index contributed by atoms with van der Waals surface area (Å²) in [4.78, 5) is 14.9. The van der Waals surface area contributed by atoms with Gasteiger partial charge in [-0.3, -0.25) is 4.79 Å². The van der Waals surface area contributed by atoms with Crippen LogP contribution in [0.2, 0.25) is 0 Å². The standard InChI is InChI=1S/C34H46FN3O6S/c1-4-15-38(16-5-2)45(41,42)17-14-34(40)37(23-27-12-9-13-30(19-27)43-3)24-33(39)32(36)21-28-18-29(35)22-31(20-28)44-25-26-10-7-6-8-11-26/h6-13,18-20,22,32-33,39H,4-5,14-17,21,23-25,36H2,1-3H3. The van der Waals surface area contributed by atoms with Crippen molar-refractivity contribution in [3.8, 4) is 11.5 Å². The number of ether oxygens (including phenoxy) is 2. The highest BCUT2D eigenvalue weighted by Gasteiger charge is 2.26. The lowest BCUT2D eigenvalue weighted by molar-refractivity contribution is -0.133. The minimum atomic E-state index is -3.64. The molecule has 1 amide bonds. The average Bonchev–Trinajstić information content (AvgIpc) is 3.02. The molecule has 45 heavy (non-hydrogen) atoms. The Labute approximate surface area is 266 Å². The van der Waals surface area contributed by atoms with Crippen LogP contribution in [0.25, 0.3) is 0 Å². The van der Waals surface area contributed by atoms with E-state index in [-0.39, 0.29) is 38.3 Å². The van der Waals surface area contributed by atoms with E-state index in [9.17, 15) is 22.7 Å². The largest absolute Gasteiger partial charge is 0.497 e. The lowest BCUT2D eigenvalue weighted by atomic mass is 10.0. The number of sulfonamides is 1. The van der Waals surface area contributed by atoms with Crippen molar-refractivity contribution in [2.75, 3.05) is 32.5 Å². The Kier molecular flexibility index (Phi) is 14.3. The van der Waals surface area contributed by atoms with Crippen molar-refractivity contribution in [2.24, 2.45) is 5.73 Å². The molecule has 0 radical (unpaired) electrons. The van der Waals surface area contributed by atoms with Crippen LogP contribution in [-0.2, 0) is 34.4 Å². The van der Waals surface area contributed by atoms with Gasteiger partial charge in [-0.05, 0) is 60.2 Å². The van der Waals surface area contributed by atoms with Crippen LogP contribution in [0, 0.1) is 5.82 Å². The molecule has 3 rings (SSSR count). The molecule has 0 fully saturated rings. The lowest BCUT2D eigenvalue weighted by Gasteiger charge is -2.29. The quantitative estimate of drug-likeness (QED) is 0.197. The monoisotopic (exact) mass is 643 g/mol. The van der Waals surface area contributed by atoms with Crippen LogP contribution in [0.1, 0.15) is 49.8 Å². The third-order valence-corrected chi connectivity index (χ3v) is 9.20. The predicted molar refractivity (Wildman–Crippen MR) is 174 cm³/mol. The van der Waals surface area contributed by atoms with Crippen molar-refractivity contribution < 1.29 is 32.2 Å². The number of halogens is 1. The molecule has 0 bridgehead atoms. The van der Waals surface area contributed by atoms with Crippen LogP contribution in [-0.4, -0.2) is 73.3 Å². The predicted octanol–water partition coefficient (Wildman–Crippen LogP) is 4.51. The number of aliphatic hydroxyl groups excluding tert-OH is 1. The van der Waals surface area contributed by atoms with E-state index in [1.165, 1.54) is 21.3 Å². The molecule has 0 saturated carbocycles. The Hall–Kier alpha value is -3.51. The Bertz CT molecular complexity index is 1450. The van der Waals surface area contributed by atoms with Gasteiger partial charge in [-0.15, -0.1) is 0 Å². The van der Waals surface area contributed by atoms with Crippen LogP contribution in [0.5, 0.6) is 11.5 Å². The van der Waals surface area contributed by atoms with E-state index in [1.54, 1.807) is 31.4 Å². The number of rotatable bonds is 19. The fourth-order valence-corrected chi connectivity index (χ4v) is 6.58. The number of nitrogens with two attached hydrogens (primary N) is 1. The molecule has 0 spiro atoms. The van der Waals surface area contributed by atoms with E-state index in [0.29, 0.717) is 43.0 Å². The second kappa shape index (κ2) is 17.8. The number of methoxy groups -OCH3 is 1. The van der Waals surface area contributed by atoms with E-state index >= 15 is 0 Å². The van der Waals surface area contributed by atoms with Gasteiger partial charge in [0, 0.05) is 44.7 Å². The molecule has 3 aromatic carbocycles. The first kappa shape index (κ1) is 36.0. The fourth-order valence-electron chi connectivity index (χ4n) is 4.97. The number of carbonyl (C=O) groups is 1. The van der Waals surface area contributed by atoms with Gasteiger partial charge < -0.3 is 25.2 Å². The molecule has 0 heterocycles. The van der Waals surface area contributed by atoms with Gasteiger partial charge in [0.15, 0.2) is 0 Å². The topological polar surface area (TPSA) is 122 Å². The maximum atomic E-state index is 14.5. The second-order valence-corrected chi connectivity index (χ2v) is 13.2. The minimum Gasteiger partial charge on any atom is -0.497 e. The van der Waals surface area contributed by atoms with Crippen molar-refractivity contribution >= 4 is 15.9 Å². The number of carbonyl (C=O) groups excluding carboxylic acids is 1. The van der Waals surface area contributed by atoms with E-state index in [1.807, 2.05) is 50.2 Å². The van der Waals surface area contributed by atoms with Crippen molar-refractivity contribution in [3.63, 3.8) is 0 Å². The molecule has 246 valence electrons. The zero-order valence-electron chi connectivity index (χ0n) is 26.4. The van der Waals surface area contributed by atoms with Gasteiger partial charge in [0.25, 0.3) is 0 Å². The Morgan fingerprint density at radius 3 is 2.27 bits per heavy atom. The molecule has 3 aromatic rings. The second-order valence-electron chi connectivity index (χ2n) is 11.1. The van der Waals surface area contributed by atoms with Crippen LogP contribution in [0.4, 0.5) is 4.39 Å². The van der Waals surface area contributed by atoms with Crippen LogP contribution in [0.3, 0.4) is 0 Å². The molecule has 0 aliphatic carbocycles. The van der Waals surface area contributed by atoms with Crippen molar-refractivity contribution in [1.82, 2.24) is 9.21 Å². The smallest absolute Gasteiger partial charge is 0.224 e. The molecular formula is C34H46FN3O6S. The van der Waals surface area contributed by atoms with Gasteiger partial charge in [-0.2, -0.15) is 0 Å². The summed E-state index contributed by atoms with van der Waals surface area (Å²) in [6, 6.07) is 20.1. The number of benzene rings is 3. The van der Waals surface area contributed by atoms with Gasteiger partial charge in [0.2, 0.25) is 15.9 Å². The molecule has 0 aliphatic heterocycles. The molecule has 2 unspecified atom stereocenters. The number of nitrogens with zero attached hydrogens (tertiary/aromatic N) is 2. The van der Waals surface area contributed by atoms with E-state index in [2.05, 4.69) is 0 Å². The Morgan fingerprint density at radius 2 is 1.60 bits per heavy atom. The molecule has 11 heteroatoms. The molecular weight excluding hydrogens is 597 g/mol. The van der Waals surface area contributed by atoms with Crippen molar-refractivity contribution in [2.45, 2.75) is 64.8 Å². The molecule has 0 aliphatic rings. The Morgan fingerprint density at radius 1 is 0.933 bits per heavy atom. The van der Waals surface area contributed by atoms with Crippen molar-refractivity contribution in [3.05, 3.63) is 95.3 Å². The van der Waals surface area contributed by atoms with E-state index < -0.39 is 33.9 Å². The minimum absolute atomic E-state index is 0.116. The highest BCUT2D eigenvalue weighted by atomic mass is 32.2. The van der Waals surface area contributed by atoms with E-state index in [4.69, 9.17) is 15.2 Å². The Balaban J connectivity index is 1.72. The van der Waals surface area contributed by atoms with Gasteiger partial charge >= 0.3 is 0 Å². The normalized spacial score (nSPS) is 13.0. The van der Waals surface area contributed by atoms with Gasteiger partial charge in [0.05, 0.1) is 19.0 Å². The van der Waals surface area contributed by atoms with Crippen LogP contribution < -0.4 is 15.2 Å². The van der Waals surface area contributed by atoms with Gasteiger partial charge in [-0.25, -0.2) is 17.1 Å². The highest BCUT2D eigenvalue weighted by Crippen LogP contribution is 2.21. The summed E-state index contributed by atoms with van der Waals surface area (Å²) < 4.78 is 53.0. The summed E-state index contributed by atoms with van der Waals surface area (Å²) >= 11 is 0. The van der Waals surface area contributed by atoms with Crippen LogP contribution >= 0.6 is 0 Å². The summed E-state index contributed by atoms with van der Waals surface area (Å²) in [5, 5.41) is 11.1. The third kappa shape index (κ3) is 11.7. The SMILES string of the molecule is CCCN(CCC)S(=O)(=O)CCC(=O)N(Cc1cccc(OC)c1)CC(O)C(N)Cc1cc(F)cc(OCc2ccccc2)c1. The molecule has 3 N–H and O–H groups in total. The molecule has 2 atom stereocenters.